The van der Waals surface area contributed by atoms with Gasteiger partial charge in [0, 0.05) is 30.4 Å². The van der Waals surface area contributed by atoms with Crippen LogP contribution in [0, 0.1) is 16.2 Å². The highest BCUT2D eigenvalue weighted by atomic mass is 15.1. The number of allylic oxidation sites excluding steroid dienone is 1. The van der Waals surface area contributed by atoms with Crippen molar-refractivity contribution in [3.8, 4) is 0 Å². The monoisotopic (exact) mass is 367 g/mol. The largest absolute Gasteiger partial charge is 0.398 e. The third-order valence-corrected chi connectivity index (χ3v) is 5.91. The van der Waals surface area contributed by atoms with Crippen LogP contribution < -0.4 is 16.4 Å². The number of anilines is 1. The molecule has 0 unspecified atom stereocenters. The molecular weight excluding hydrogens is 334 g/mol. The van der Waals surface area contributed by atoms with E-state index < -0.39 is 0 Å². The Hall–Kier alpha value is -2.30. The van der Waals surface area contributed by atoms with Crippen LogP contribution in [0.2, 0.25) is 0 Å². The molecule has 2 aliphatic carbocycles. The molecule has 0 heterocycles. The van der Waals surface area contributed by atoms with Crippen molar-refractivity contribution in [1.82, 2.24) is 10.6 Å². The summed E-state index contributed by atoms with van der Waals surface area (Å²) in [6.07, 6.45) is 11.4. The fraction of sp³-hybridized carbons (Fsp3) is 0.545. The Balaban J connectivity index is 1.71. The van der Waals surface area contributed by atoms with Gasteiger partial charge in [0.25, 0.3) is 0 Å². The first kappa shape index (κ1) is 19.5. The van der Waals surface area contributed by atoms with Crippen LogP contribution in [0.25, 0.3) is 0 Å². The average Bonchev–Trinajstić information content (AvgIpc) is 3.39. The lowest BCUT2D eigenvalue weighted by molar-refractivity contribution is 0.391. The quantitative estimate of drug-likeness (QED) is 0.355. The van der Waals surface area contributed by atoms with E-state index in [4.69, 9.17) is 16.6 Å². The predicted octanol–water partition coefficient (Wildman–Crippen LogP) is 3.98. The molecule has 27 heavy (non-hydrogen) atoms. The summed E-state index contributed by atoms with van der Waals surface area (Å²) >= 11 is 0. The summed E-state index contributed by atoms with van der Waals surface area (Å²) in [6.45, 7) is 2.30. The van der Waals surface area contributed by atoms with E-state index in [1.54, 1.807) is 6.08 Å². The molecule has 2 aliphatic rings. The third kappa shape index (κ3) is 5.12. The molecule has 0 aromatic heterocycles. The zero-order chi connectivity index (χ0) is 19.4. The zero-order valence-electron chi connectivity index (χ0n) is 16.6. The van der Waals surface area contributed by atoms with E-state index in [2.05, 4.69) is 23.6 Å². The summed E-state index contributed by atoms with van der Waals surface area (Å²) in [5, 5.41) is 23.5. The van der Waals surface area contributed by atoms with Gasteiger partial charge in [-0.2, -0.15) is 0 Å². The molecule has 2 fully saturated rings. The van der Waals surface area contributed by atoms with Crippen LogP contribution in [-0.2, 0) is 6.42 Å². The van der Waals surface area contributed by atoms with Gasteiger partial charge >= 0.3 is 0 Å². The van der Waals surface area contributed by atoms with Crippen LogP contribution in [-0.4, -0.2) is 24.5 Å². The molecule has 0 aliphatic heterocycles. The van der Waals surface area contributed by atoms with Gasteiger partial charge in [0.05, 0.1) is 11.4 Å². The molecule has 3 rings (SSSR count). The number of hydrogen-bond donors (Lipinski definition) is 5. The van der Waals surface area contributed by atoms with E-state index in [9.17, 15) is 0 Å². The van der Waals surface area contributed by atoms with Crippen molar-refractivity contribution < 1.29 is 0 Å². The van der Waals surface area contributed by atoms with Gasteiger partial charge < -0.3 is 16.4 Å². The minimum absolute atomic E-state index is 0.171. The lowest BCUT2D eigenvalue weighted by Crippen LogP contribution is -2.35. The van der Waals surface area contributed by atoms with Crippen LogP contribution >= 0.6 is 0 Å². The number of nitrogens with two attached hydrogens (primary N) is 1. The van der Waals surface area contributed by atoms with Crippen molar-refractivity contribution in [2.24, 2.45) is 5.41 Å². The Morgan fingerprint density at radius 1 is 1.22 bits per heavy atom. The molecule has 1 aromatic carbocycles. The van der Waals surface area contributed by atoms with Crippen LogP contribution in [0.4, 0.5) is 5.69 Å². The summed E-state index contributed by atoms with van der Waals surface area (Å²) in [4.78, 5) is 0. The number of hydrogen-bond acceptors (Lipinski definition) is 5. The highest BCUT2D eigenvalue weighted by Gasteiger charge is 2.37. The number of nitrogens with one attached hydrogen (secondary N) is 4. The van der Waals surface area contributed by atoms with Crippen molar-refractivity contribution in [2.75, 3.05) is 12.8 Å². The van der Waals surface area contributed by atoms with Gasteiger partial charge in [-0.1, -0.05) is 32.3 Å². The normalized spacial score (nSPS) is 19.4. The van der Waals surface area contributed by atoms with E-state index in [0.717, 1.165) is 25.1 Å². The minimum Gasteiger partial charge on any atom is -0.398 e. The summed E-state index contributed by atoms with van der Waals surface area (Å²) in [6, 6.07) is 6.38. The molecule has 0 spiro atoms. The summed E-state index contributed by atoms with van der Waals surface area (Å²) in [5.74, 6) is 0.803. The maximum absolute atomic E-state index is 8.50. The van der Waals surface area contributed by atoms with Gasteiger partial charge in [-0.25, -0.2) is 0 Å². The highest BCUT2D eigenvalue weighted by molar-refractivity contribution is 6.50. The van der Waals surface area contributed by atoms with Crippen molar-refractivity contribution in [1.29, 1.82) is 10.8 Å². The Morgan fingerprint density at radius 2 is 1.93 bits per heavy atom. The van der Waals surface area contributed by atoms with Gasteiger partial charge in [0.15, 0.2) is 0 Å². The maximum atomic E-state index is 8.50. The van der Waals surface area contributed by atoms with Crippen LogP contribution in [0.3, 0.4) is 0 Å². The minimum atomic E-state index is 0.171. The molecule has 0 radical (unpaired) electrons. The molecule has 2 saturated carbocycles. The third-order valence-electron chi connectivity index (χ3n) is 5.91. The smallest absolute Gasteiger partial charge is 0.101 e. The first-order chi connectivity index (χ1) is 12.9. The number of benzene rings is 1. The fourth-order valence-corrected chi connectivity index (χ4v) is 3.83. The topological polar surface area (TPSA) is 97.8 Å². The molecule has 0 saturated heterocycles. The van der Waals surface area contributed by atoms with E-state index >= 15 is 0 Å². The first-order valence-corrected chi connectivity index (χ1v) is 10.1. The highest BCUT2D eigenvalue weighted by Crippen LogP contribution is 2.47. The van der Waals surface area contributed by atoms with Gasteiger partial charge in [0.2, 0.25) is 0 Å². The van der Waals surface area contributed by atoms with Crippen LogP contribution in [0.5, 0.6) is 0 Å². The summed E-state index contributed by atoms with van der Waals surface area (Å²) < 4.78 is 0. The molecule has 5 heteroatoms. The van der Waals surface area contributed by atoms with Gasteiger partial charge in [-0.05, 0) is 55.2 Å². The van der Waals surface area contributed by atoms with E-state index in [-0.39, 0.29) is 11.4 Å². The second kappa shape index (κ2) is 8.15. The van der Waals surface area contributed by atoms with Gasteiger partial charge in [-0.3, -0.25) is 10.8 Å². The molecular formula is C22H33N5. The second-order valence-corrected chi connectivity index (χ2v) is 8.48. The number of nitrogen functional groups attached to an aromatic ring is 1. The van der Waals surface area contributed by atoms with Crippen LogP contribution in [0.15, 0.2) is 30.1 Å². The van der Waals surface area contributed by atoms with Gasteiger partial charge in [-0.15, -0.1) is 0 Å². The Bertz CT molecular complexity index is 739. The maximum Gasteiger partial charge on any atom is 0.101 e. The van der Waals surface area contributed by atoms with Gasteiger partial charge in [0.1, 0.15) is 5.82 Å². The van der Waals surface area contributed by atoms with Crippen molar-refractivity contribution in [2.45, 2.75) is 64.3 Å². The predicted molar refractivity (Wildman–Crippen MR) is 114 cm³/mol. The summed E-state index contributed by atoms with van der Waals surface area (Å²) in [5.41, 5.74) is 9.31. The fourth-order valence-electron chi connectivity index (χ4n) is 3.83. The molecule has 0 amide bonds. The SMILES string of the molecule is CN/C(=C\C(=N)C(=N)c1cc(CC2(C)CC2)ccc1N)NC1CCCCC1. The molecule has 1 aromatic rings. The van der Waals surface area contributed by atoms with Crippen LogP contribution in [0.1, 0.15) is 63.0 Å². The van der Waals surface area contributed by atoms with Crippen molar-refractivity contribution in [3.05, 3.63) is 41.2 Å². The molecule has 6 N–H and O–H groups in total. The first-order valence-electron chi connectivity index (χ1n) is 10.1. The van der Waals surface area contributed by atoms with Crippen molar-refractivity contribution >= 4 is 17.1 Å². The molecule has 0 bridgehead atoms. The standard InChI is InChI=1S/C22H33N5/c1-22(10-11-22)14-15-8-9-18(23)17(12-15)21(25)19(24)13-20(26-2)27-16-6-4-3-5-7-16/h8-9,12-13,16,24-27H,3-7,10-11,14,23H2,1-2H3/b20-13+,24-19?,25-21?. The average molecular weight is 368 g/mol. The molecule has 146 valence electrons. The number of rotatable bonds is 8. The Morgan fingerprint density at radius 3 is 2.56 bits per heavy atom. The van der Waals surface area contributed by atoms with Crippen molar-refractivity contribution in [3.63, 3.8) is 0 Å². The van der Waals surface area contributed by atoms with E-state index in [1.165, 1.54) is 37.7 Å². The second-order valence-electron chi connectivity index (χ2n) is 8.48. The van der Waals surface area contributed by atoms with E-state index in [0.29, 0.717) is 22.7 Å². The Kier molecular flexibility index (Phi) is 5.88. The van der Waals surface area contributed by atoms with E-state index in [1.807, 2.05) is 19.2 Å². The lowest BCUT2D eigenvalue weighted by atomic mass is 9.94. The molecule has 0 atom stereocenters. The molecule has 5 nitrogen and oxygen atoms in total. The Labute approximate surface area is 162 Å². The summed E-state index contributed by atoms with van der Waals surface area (Å²) in [7, 11) is 1.85. The lowest BCUT2D eigenvalue weighted by Gasteiger charge is -2.25. The zero-order valence-corrected chi connectivity index (χ0v) is 16.6.